The van der Waals surface area contributed by atoms with E-state index >= 15 is 0 Å². The van der Waals surface area contributed by atoms with E-state index in [2.05, 4.69) is 36.3 Å². The summed E-state index contributed by atoms with van der Waals surface area (Å²) in [7, 11) is 0. The van der Waals surface area contributed by atoms with Gasteiger partial charge in [0, 0.05) is 19.1 Å². The Hall–Kier alpha value is -0.610. The molecule has 1 amide bonds. The Kier molecular flexibility index (Phi) is 8.21. The van der Waals surface area contributed by atoms with Gasteiger partial charge in [0.2, 0.25) is 5.91 Å². The van der Waals surface area contributed by atoms with Crippen molar-refractivity contribution in [1.29, 1.82) is 0 Å². The molecule has 0 aromatic carbocycles. The van der Waals surface area contributed by atoms with Gasteiger partial charge in [-0.05, 0) is 33.9 Å². The van der Waals surface area contributed by atoms with Gasteiger partial charge in [-0.15, -0.1) is 0 Å². The largest absolute Gasteiger partial charge is 0.355 e. The normalized spacial score (nSPS) is 14.9. The molecule has 4 heteroatoms. The topological polar surface area (TPSA) is 44.4 Å². The number of amides is 1. The molecule has 0 saturated carbocycles. The molecular weight excluding hydrogens is 202 g/mol. The highest BCUT2D eigenvalue weighted by molar-refractivity contribution is 5.81. The van der Waals surface area contributed by atoms with Crippen LogP contribution >= 0.6 is 0 Å². The maximum atomic E-state index is 11.5. The Bertz CT molecular complexity index is 193. The molecule has 0 rings (SSSR count). The van der Waals surface area contributed by atoms with Crippen molar-refractivity contribution >= 4 is 5.91 Å². The van der Waals surface area contributed by atoms with E-state index in [9.17, 15) is 4.79 Å². The van der Waals surface area contributed by atoms with Crippen LogP contribution in [-0.4, -0.2) is 49.1 Å². The van der Waals surface area contributed by atoms with Crippen molar-refractivity contribution < 1.29 is 4.79 Å². The molecule has 0 bridgehead atoms. The van der Waals surface area contributed by atoms with Crippen LogP contribution in [0.2, 0.25) is 0 Å². The van der Waals surface area contributed by atoms with Gasteiger partial charge < -0.3 is 15.5 Å². The van der Waals surface area contributed by atoms with Gasteiger partial charge in [0.05, 0.1) is 6.04 Å². The Morgan fingerprint density at radius 3 is 2.19 bits per heavy atom. The molecule has 96 valence electrons. The second-order valence-electron chi connectivity index (χ2n) is 4.17. The molecular formula is C12H27N3O. The van der Waals surface area contributed by atoms with Crippen molar-refractivity contribution in [3.63, 3.8) is 0 Å². The molecule has 4 nitrogen and oxygen atoms in total. The van der Waals surface area contributed by atoms with E-state index in [0.717, 1.165) is 19.6 Å². The zero-order valence-corrected chi connectivity index (χ0v) is 11.3. The average molecular weight is 229 g/mol. The van der Waals surface area contributed by atoms with Gasteiger partial charge in [-0.1, -0.05) is 13.8 Å². The first-order valence-electron chi connectivity index (χ1n) is 6.31. The molecule has 0 aromatic heterocycles. The number of rotatable bonds is 8. The van der Waals surface area contributed by atoms with Gasteiger partial charge in [-0.3, -0.25) is 4.79 Å². The van der Waals surface area contributed by atoms with E-state index in [1.54, 1.807) is 0 Å². The minimum Gasteiger partial charge on any atom is -0.355 e. The molecule has 0 aliphatic rings. The minimum absolute atomic E-state index is 0.0777. The molecule has 0 spiro atoms. The summed E-state index contributed by atoms with van der Waals surface area (Å²) < 4.78 is 0. The van der Waals surface area contributed by atoms with Gasteiger partial charge >= 0.3 is 0 Å². The molecule has 2 unspecified atom stereocenters. The maximum absolute atomic E-state index is 11.5. The van der Waals surface area contributed by atoms with Gasteiger partial charge in [-0.25, -0.2) is 0 Å². The standard InChI is InChI=1S/C12H27N3O/c1-6-13-12(16)11(5)14-10(4)9-15(7-2)8-3/h10-11,14H,6-9H2,1-5H3,(H,13,16). The molecule has 16 heavy (non-hydrogen) atoms. The van der Waals surface area contributed by atoms with Crippen LogP contribution in [0.4, 0.5) is 0 Å². The Balaban J connectivity index is 3.93. The van der Waals surface area contributed by atoms with Gasteiger partial charge in [-0.2, -0.15) is 0 Å². The summed E-state index contributed by atoms with van der Waals surface area (Å²) in [5.41, 5.74) is 0. The van der Waals surface area contributed by atoms with Crippen LogP contribution in [0.25, 0.3) is 0 Å². The third-order valence-electron chi connectivity index (χ3n) is 2.71. The predicted octanol–water partition coefficient (Wildman–Crippen LogP) is 0.831. The first-order chi connectivity index (χ1) is 7.54. The van der Waals surface area contributed by atoms with Crippen molar-refractivity contribution in [2.45, 2.75) is 46.7 Å². The molecule has 0 heterocycles. The SMILES string of the molecule is CCNC(=O)C(C)NC(C)CN(CC)CC. The zero-order chi connectivity index (χ0) is 12.6. The monoisotopic (exact) mass is 229 g/mol. The van der Waals surface area contributed by atoms with Gasteiger partial charge in [0.25, 0.3) is 0 Å². The van der Waals surface area contributed by atoms with Crippen LogP contribution in [-0.2, 0) is 4.79 Å². The van der Waals surface area contributed by atoms with Crippen molar-refractivity contribution in [3.8, 4) is 0 Å². The fourth-order valence-electron chi connectivity index (χ4n) is 1.75. The van der Waals surface area contributed by atoms with Crippen LogP contribution in [0.5, 0.6) is 0 Å². The van der Waals surface area contributed by atoms with Crippen LogP contribution < -0.4 is 10.6 Å². The van der Waals surface area contributed by atoms with E-state index < -0.39 is 0 Å². The first-order valence-corrected chi connectivity index (χ1v) is 6.31. The highest BCUT2D eigenvalue weighted by atomic mass is 16.2. The quantitative estimate of drug-likeness (QED) is 0.648. The Morgan fingerprint density at radius 1 is 1.19 bits per heavy atom. The van der Waals surface area contributed by atoms with Gasteiger partial charge in [0.15, 0.2) is 0 Å². The summed E-state index contributed by atoms with van der Waals surface area (Å²) in [6.45, 7) is 14.1. The molecule has 2 atom stereocenters. The second-order valence-corrected chi connectivity index (χ2v) is 4.17. The number of carbonyl (C=O) groups is 1. The number of likely N-dealkylation sites (N-methyl/N-ethyl adjacent to an activating group) is 2. The highest BCUT2D eigenvalue weighted by Gasteiger charge is 2.15. The van der Waals surface area contributed by atoms with Crippen LogP contribution in [0.15, 0.2) is 0 Å². The van der Waals surface area contributed by atoms with Crippen molar-refractivity contribution in [3.05, 3.63) is 0 Å². The predicted molar refractivity (Wildman–Crippen MR) is 68.5 cm³/mol. The Morgan fingerprint density at radius 2 is 1.75 bits per heavy atom. The molecule has 0 fully saturated rings. The summed E-state index contributed by atoms with van der Waals surface area (Å²) in [4.78, 5) is 13.9. The number of nitrogens with zero attached hydrogens (tertiary/aromatic N) is 1. The van der Waals surface area contributed by atoms with Crippen LogP contribution in [0.1, 0.15) is 34.6 Å². The van der Waals surface area contributed by atoms with E-state index in [0.29, 0.717) is 12.6 Å². The van der Waals surface area contributed by atoms with E-state index in [-0.39, 0.29) is 11.9 Å². The summed E-state index contributed by atoms with van der Waals surface area (Å²) in [6.07, 6.45) is 0. The van der Waals surface area contributed by atoms with Crippen molar-refractivity contribution in [2.75, 3.05) is 26.2 Å². The molecule has 0 saturated heterocycles. The third kappa shape index (κ3) is 6.08. The van der Waals surface area contributed by atoms with Crippen LogP contribution in [0, 0.1) is 0 Å². The van der Waals surface area contributed by atoms with Crippen molar-refractivity contribution in [2.24, 2.45) is 0 Å². The lowest BCUT2D eigenvalue weighted by molar-refractivity contribution is -0.122. The lowest BCUT2D eigenvalue weighted by atomic mass is 10.2. The zero-order valence-electron chi connectivity index (χ0n) is 11.3. The summed E-state index contributed by atoms with van der Waals surface area (Å²) in [5.74, 6) is 0.0777. The van der Waals surface area contributed by atoms with Gasteiger partial charge in [0.1, 0.15) is 0 Å². The highest BCUT2D eigenvalue weighted by Crippen LogP contribution is 1.94. The number of nitrogens with one attached hydrogen (secondary N) is 2. The summed E-state index contributed by atoms with van der Waals surface area (Å²) in [5, 5.41) is 6.13. The van der Waals surface area contributed by atoms with E-state index in [4.69, 9.17) is 0 Å². The smallest absolute Gasteiger partial charge is 0.236 e. The fourth-order valence-corrected chi connectivity index (χ4v) is 1.75. The molecule has 0 radical (unpaired) electrons. The summed E-state index contributed by atoms with van der Waals surface area (Å²) in [6, 6.07) is 0.211. The molecule has 2 N–H and O–H groups in total. The van der Waals surface area contributed by atoms with E-state index in [1.165, 1.54) is 0 Å². The molecule has 0 aromatic rings. The lowest BCUT2D eigenvalue weighted by Crippen LogP contribution is -2.49. The number of hydrogen-bond acceptors (Lipinski definition) is 3. The number of hydrogen-bond donors (Lipinski definition) is 2. The molecule has 0 aliphatic heterocycles. The maximum Gasteiger partial charge on any atom is 0.236 e. The van der Waals surface area contributed by atoms with Crippen LogP contribution in [0.3, 0.4) is 0 Å². The first kappa shape index (κ1) is 15.4. The second kappa shape index (κ2) is 8.53. The summed E-state index contributed by atoms with van der Waals surface area (Å²) >= 11 is 0. The Labute approximate surface area is 99.8 Å². The molecule has 0 aliphatic carbocycles. The number of carbonyl (C=O) groups excluding carboxylic acids is 1. The van der Waals surface area contributed by atoms with E-state index in [1.807, 2.05) is 13.8 Å². The third-order valence-corrected chi connectivity index (χ3v) is 2.71. The minimum atomic E-state index is -0.120. The lowest BCUT2D eigenvalue weighted by Gasteiger charge is -2.25. The fraction of sp³-hybridized carbons (Fsp3) is 0.917. The average Bonchev–Trinajstić information content (AvgIpc) is 2.26. The van der Waals surface area contributed by atoms with Crippen molar-refractivity contribution in [1.82, 2.24) is 15.5 Å².